The van der Waals surface area contributed by atoms with Crippen LogP contribution in [0.15, 0.2) is 52.7 Å². The number of benzene rings is 2. The van der Waals surface area contributed by atoms with E-state index in [1.54, 1.807) is 24.3 Å². The van der Waals surface area contributed by atoms with Gasteiger partial charge in [0.15, 0.2) is 16.7 Å². The van der Waals surface area contributed by atoms with Gasteiger partial charge >= 0.3 is 5.97 Å². The lowest BCUT2D eigenvalue weighted by molar-refractivity contribution is -0.138. The first kappa shape index (κ1) is 20.5. The van der Waals surface area contributed by atoms with Crippen molar-refractivity contribution in [3.05, 3.63) is 65.2 Å². The molecular weight excluding hydrogens is 404 g/mol. The van der Waals surface area contributed by atoms with Crippen molar-refractivity contribution in [2.45, 2.75) is 18.3 Å². The maximum Gasteiger partial charge on any atom is 0.305 e. The predicted molar refractivity (Wildman–Crippen MR) is 104 cm³/mol. The van der Waals surface area contributed by atoms with Gasteiger partial charge in [-0.25, -0.2) is 8.78 Å². The number of halogens is 2. The van der Waals surface area contributed by atoms with Crippen molar-refractivity contribution in [1.82, 2.24) is 5.32 Å². The van der Waals surface area contributed by atoms with E-state index in [4.69, 9.17) is 9.84 Å². The number of carbonyl (C=O) groups excluding carboxylic acids is 1. The Morgan fingerprint density at radius 3 is 2.83 bits per heavy atom. The SMILES string of the molecule is O=C(O)CC1SC(=NN=Cc2ccccc2COc2ccc(F)cc2F)NC1=O. The lowest BCUT2D eigenvalue weighted by Crippen LogP contribution is -2.26. The molecule has 1 aliphatic rings. The normalized spacial score (nSPS) is 17.7. The van der Waals surface area contributed by atoms with Crippen LogP contribution in [0.5, 0.6) is 5.75 Å². The highest BCUT2D eigenvalue weighted by Gasteiger charge is 2.32. The highest BCUT2D eigenvalue weighted by Crippen LogP contribution is 2.22. The van der Waals surface area contributed by atoms with E-state index in [0.717, 1.165) is 23.9 Å². The number of amidine groups is 1. The van der Waals surface area contributed by atoms with Crippen LogP contribution in [0.25, 0.3) is 0 Å². The molecule has 1 atom stereocenters. The van der Waals surface area contributed by atoms with Crippen LogP contribution < -0.4 is 10.1 Å². The summed E-state index contributed by atoms with van der Waals surface area (Å²) in [6.07, 6.45) is 1.13. The molecule has 10 heteroatoms. The highest BCUT2D eigenvalue weighted by atomic mass is 32.2. The van der Waals surface area contributed by atoms with Gasteiger partial charge in [0.2, 0.25) is 5.91 Å². The molecule has 2 N–H and O–H groups in total. The minimum atomic E-state index is -1.08. The van der Waals surface area contributed by atoms with Crippen LogP contribution in [-0.2, 0) is 16.2 Å². The van der Waals surface area contributed by atoms with E-state index in [2.05, 4.69) is 15.5 Å². The number of hydrogen-bond acceptors (Lipinski definition) is 6. The molecule has 3 rings (SSSR count). The van der Waals surface area contributed by atoms with Crippen molar-refractivity contribution in [3.8, 4) is 5.75 Å². The molecule has 1 saturated heterocycles. The standard InChI is InChI=1S/C19H15F2N3O4S/c20-13-5-6-15(14(21)7-13)28-10-12-4-2-1-3-11(12)9-22-24-19-23-18(27)16(29-19)8-17(25)26/h1-7,9,16H,8,10H2,(H,25,26)(H,23,24,27). The van der Waals surface area contributed by atoms with Crippen LogP contribution in [0.3, 0.4) is 0 Å². The number of aliphatic carboxylic acids is 1. The molecule has 1 amide bonds. The number of nitrogens with one attached hydrogen (secondary N) is 1. The molecule has 0 spiro atoms. The Labute approximate surface area is 168 Å². The minimum Gasteiger partial charge on any atom is -0.486 e. The largest absolute Gasteiger partial charge is 0.486 e. The van der Waals surface area contributed by atoms with E-state index >= 15 is 0 Å². The fraction of sp³-hybridized carbons (Fsp3) is 0.158. The Kier molecular flexibility index (Phi) is 6.55. The van der Waals surface area contributed by atoms with Gasteiger partial charge in [0.05, 0.1) is 12.6 Å². The first-order chi connectivity index (χ1) is 13.9. The minimum absolute atomic E-state index is 0.0213. The summed E-state index contributed by atoms with van der Waals surface area (Å²) < 4.78 is 32.1. The zero-order chi connectivity index (χ0) is 20.8. The molecule has 1 unspecified atom stereocenters. The molecule has 7 nitrogen and oxygen atoms in total. The van der Waals surface area contributed by atoms with E-state index in [0.29, 0.717) is 11.1 Å². The Morgan fingerprint density at radius 1 is 1.28 bits per heavy atom. The van der Waals surface area contributed by atoms with E-state index in [1.807, 2.05) is 0 Å². The molecule has 29 heavy (non-hydrogen) atoms. The van der Waals surface area contributed by atoms with Crippen LogP contribution in [0.1, 0.15) is 17.5 Å². The summed E-state index contributed by atoms with van der Waals surface area (Å²) >= 11 is 0.994. The Morgan fingerprint density at radius 2 is 2.07 bits per heavy atom. The summed E-state index contributed by atoms with van der Waals surface area (Å²) in [5.41, 5.74) is 1.34. The number of hydrogen-bond donors (Lipinski definition) is 2. The first-order valence-electron chi connectivity index (χ1n) is 8.38. The smallest absolute Gasteiger partial charge is 0.305 e. The molecule has 150 valence electrons. The van der Waals surface area contributed by atoms with Crippen LogP contribution in [0.4, 0.5) is 8.78 Å². The third-order valence-corrected chi connectivity index (χ3v) is 4.89. The maximum atomic E-state index is 13.7. The summed E-state index contributed by atoms with van der Waals surface area (Å²) in [4.78, 5) is 22.4. The van der Waals surface area contributed by atoms with E-state index in [1.165, 1.54) is 12.3 Å². The van der Waals surface area contributed by atoms with Crippen molar-refractivity contribution < 1.29 is 28.2 Å². The van der Waals surface area contributed by atoms with Gasteiger partial charge in [0.25, 0.3) is 0 Å². The van der Waals surface area contributed by atoms with Crippen molar-refractivity contribution >= 4 is 35.0 Å². The molecular formula is C19H15F2N3O4S. The van der Waals surface area contributed by atoms with Crippen molar-refractivity contribution in [2.75, 3.05) is 0 Å². The molecule has 0 aromatic heterocycles. The molecule has 0 aliphatic carbocycles. The summed E-state index contributed by atoms with van der Waals surface area (Å²) in [6, 6.07) is 10.1. The fourth-order valence-electron chi connectivity index (χ4n) is 2.43. The van der Waals surface area contributed by atoms with Gasteiger partial charge in [-0.3, -0.25) is 9.59 Å². The van der Waals surface area contributed by atoms with E-state index in [-0.39, 0.29) is 23.9 Å². The molecule has 2 aromatic carbocycles. The zero-order valence-corrected chi connectivity index (χ0v) is 15.7. The second-order valence-electron chi connectivity index (χ2n) is 5.91. The van der Waals surface area contributed by atoms with Gasteiger partial charge in [-0.05, 0) is 17.7 Å². The zero-order valence-electron chi connectivity index (χ0n) is 14.8. The van der Waals surface area contributed by atoms with Crippen molar-refractivity contribution in [2.24, 2.45) is 10.2 Å². The number of ether oxygens (including phenoxy) is 1. The number of carboxylic acids is 1. The van der Waals surface area contributed by atoms with Gasteiger partial charge in [-0.2, -0.15) is 5.10 Å². The highest BCUT2D eigenvalue weighted by molar-refractivity contribution is 8.15. The predicted octanol–water partition coefficient (Wildman–Crippen LogP) is 2.94. The molecule has 0 bridgehead atoms. The molecule has 0 saturated carbocycles. The van der Waals surface area contributed by atoms with Crippen LogP contribution >= 0.6 is 11.8 Å². The number of rotatable bonds is 7. The monoisotopic (exact) mass is 419 g/mol. The third kappa shape index (κ3) is 5.61. The number of thioether (sulfide) groups is 1. The number of carbonyl (C=O) groups is 2. The average Bonchev–Trinajstić information content (AvgIpc) is 3.00. The number of nitrogens with zero attached hydrogens (tertiary/aromatic N) is 2. The Bertz CT molecular complexity index is 997. The van der Waals surface area contributed by atoms with Crippen LogP contribution in [0.2, 0.25) is 0 Å². The fourth-order valence-corrected chi connectivity index (χ4v) is 3.34. The van der Waals surface area contributed by atoms with Gasteiger partial charge in [-0.15, -0.1) is 5.10 Å². The molecule has 2 aromatic rings. The summed E-state index contributed by atoms with van der Waals surface area (Å²) in [5.74, 6) is -3.07. The van der Waals surface area contributed by atoms with Gasteiger partial charge < -0.3 is 15.2 Å². The second kappa shape index (κ2) is 9.28. The topological polar surface area (TPSA) is 100 Å². The molecule has 1 heterocycles. The summed E-state index contributed by atoms with van der Waals surface area (Å²) in [6.45, 7) is 0.0213. The first-order valence-corrected chi connectivity index (χ1v) is 9.26. The average molecular weight is 419 g/mol. The lowest BCUT2D eigenvalue weighted by atomic mass is 10.1. The Balaban J connectivity index is 1.66. The van der Waals surface area contributed by atoms with Gasteiger partial charge in [0, 0.05) is 11.6 Å². The van der Waals surface area contributed by atoms with E-state index < -0.39 is 28.8 Å². The van der Waals surface area contributed by atoms with Crippen LogP contribution in [-0.4, -0.2) is 33.6 Å². The van der Waals surface area contributed by atoms with E-state index in [9.17, 15) is 18.4 Å². The number of amides is 1. The molecule has 1 aliphatic heterocycles. The molecule has 0 radical (unpaired) electrons. The summed E-state index contributed by atoms with van der Waals surface area (Å²) in [5, 5.41) is 18.5. The van der Waals surface area contributed by atoms with Crippen LogP contribution in [0, 0.1) is 11.6 Å². The molecule has 1 fully saturated rings. The third-order valence-electron chi connectivity index (χ3n) is 3.81. The maximum absolute atomic E-state index is 13.7. The second-order valence-corrected chi connectivity index (χ2v) is 7.10. The number of carboxylic acid groups (broad SMARTS) is 1. The Hall–Kier alpha value is -3.27. The lowest BCUT2D eigenvalue weighted by Gasteiger charge is -2.09. The summed E-state index contributed by atoms with van der Waals surface area (Å²) in [7, 11) is 0. The van der Waals surface area contributed by atoms with Gasteiger partial charge in [0.1, 0.15) is 17.7 Å². The van der Waals surface area contributed by atoms with Crippen molar-refractivity contribution in [3.63, 3.8) is 0 Å². The van der Waals surface area contributed by atoms with Gasteiger partial charge in [-0.1, -0.05) is 36.0 Å². The van der Waals surface area contributed by atoms with Crippen molar-refractivity contribution in [1.29, 1.82) is 0 Å². The quantitative estimate of drug-likeness (QED) is 0.531.